The summed E-state index contributed by atoms with van der Waals surface area (Å²) in [4.78, 5) is 32.7. The van der Waals surface area contributed by atoms with Crippen LogP contribution in [-0.4, -0.2) is 33.7 Å². The zero-order valence-corrected chi connectivity index (χ0v) is 19.7. The molecule has 1 aliphatic carbocycles. The molecule has 0 bridgehead atoms. The lowest BCUT2D eigenvalue weighted by Gasteiger charge is -2.30. The van der Waals surface area contributed by atoms with Gasteiger partial charge in [-0.3, -0.25) is 9.59 Å². The highest BCUT2D eigenvalue weighted by atomic mass is 32.2. The van der Waals surface area contributed by atoms with Crippen LogP contribution in [0.15, 0.2) is 33.7 Å². The summed E-state index contributed by atoms with van der Waals surface area (Å²) in [5.74, 6) is 0.980. The number of fused-ring (bicyclic) bond motifs is 1. The van der Waals surface area contributed by atoms with Crippen molar-refractivity contribution in [3.63, 3.8) is 0 Å². The van der Waals surface area contributed by atoms with Gasteiger partial charge in [-0.2, -0.15) is 4.98 Å². The number of hydrogen-bond acceptors (Lipinski definition) is 6. The lowest BCUT2D eigenvalue weighted by Crippen LogP contribution is -2.45. The maximum absolute atomic E-state index is 13.1. The van der Waals surface area contributed by atoms with Crippen molar-refractivity contribution in [1.29, 1.82) is 0 Å². The molecule has 0 saturated heterocycles. The maximum atomic E-state index is 13.1. The van der Waals surface area contributed by atoms with E-state index in [0.29, 0.717) is 36.4 Å². The zero-order chi connectivity index (χ0) is 22.6. The predicted molar refractivity (Wildman–Crippen MR) is 125 cm³/mol. The van der Waals surface area contributed by atoms with Crippen LogP contribution in [0.1, 0.15) is 76.9 Å². The number of benzene rings is 1. The third-order valence-electron chi connectivity index (χ3n) is 6.37. The number of thioether (sulfide) groups is 1. The SMILES string of the molecule is CC(=O)NC1(c2noc(CCC(=O)N3CCC(C)Sc4ccccc43)n2)CCCCCC1. The maximum Gasteiger partial charge on any atom is 0.227 e. The van der Waals surface area contributed by atoms with Crippen LogP contribution in [0.2, 0.25) is 0 Å². The second-order valence-electron chi connectivity index (χ2n) is 8.92. The van der Waals surface area contributed by atoms with Crippen LogP contribution < -0.4 is 10.2 Å². The van der Waals surface area contributed by atoms with Gasteiger partial charge in [0, 0.05) is 36.5 Å². The first kappa shape index (κ1) is 22.8. The lowest BCUT2D eigenvalue weighted by molar-refractivity contribution is -0.121. The summed E-state index contributed by atoms with van der Waals surface area (Å²) in [6, 6.07) is 8.10. The fourth-order valence-corrected chi connectivity index (χ4v) is 5.83. The summed E-state index contributed by atoms with van der Waals surface area (Å²) >= 11 is 1.82. The Labute approximate surface area is 193 Å². The van der Waals surface area contributed by atoms with Crippen LogP contribution in [0.4, 0.5) is 5.69 Å². The Kier molecular flexibility index (Phi) is 7.18. The molecule has 2 aromatic rings. The quantitative estimate of drug-likeness (QED) is 0.661. The highest BCUT2D eigenvalue weighted by Gasteiger charge is 2.38. The number of anilines is 1. The molecule has 4 rings (SSSR count). The van der Waals surface area contributed by atoms with Crippen molar-refractivity contribution in [3.8, 4) is 0 Å². The van der Waals surface area contributed by atoms with E-state index in [-0.39, 0.29) is 11.8 Å². The monoisotopic (exact) mass is 456 g/mol. The lowest BCUT2D eigenvalue weighted by atomic mass is 9.89. The third-order valence-corrected chi connectivity index (χ3v) is 7.60. The van der Waals surface area contributed by atoms with Crippen molar-refractivity contribution >= 4 is 29.3 Å². The molecular formula is C24H32N4O3S. The fourth-order valence-electron chi connectivity index (χ4n) is 4.72. The topological polar surface area (TPSA) is 88.3 Å². The first-order valence-corrected chi connectivity index (χ1v) is 12.5. The Morgan fingerprint density at radius 3 is 2.72 bits per heavy atom. The minimum absolute atomic E-state index is 0.0675. The highest BCUT2D eigenvalue weighted by Crippen LogP contribution is 2.38. The van der Waals surface area contributed by atoms with E-state index in [2.05, 4.69) is 28.4 Å². The number of hydrogen-bond donors (Lipinski definition) is 1. The standard InChI is InChI=1S/C24H32N4O3S/c1-17-13-16-28(19-9-5-6-10-20(19)32-17)22(30)12-11-21-25-23(27-31-21)24(26-18(2)29)14-7-3-4-8-15-24/h5-6,9-10,17H,3-4,7-8,11-16H2,1-2H3,(H,26,29). The molecule has 8 heteroatoms. The molecule has 2 aliphatic rings. The first-order chi connectivity index (χ1) is 15.5. The van der Waals surface area contributed by atoms with Gasteiger partial charge < -0.3 is 14.7 Å². The molecule has 1 saturated carbocycles. The molecule has 1 aromatic heterocycles. The molecule has 1 fully saturated rings. The van der Waals surface area contributed by atoms with Crippen molar-refractivity contribution in [2.45, 2.75) is 87.3 Å². The average Bonchev–Trinajstić information content (AvgIpc) is 3.03. The van der Waals surface area contributed by atoms with Crippen LogP contribution >= 0.6 is 11.8 Å². The van der Waals surface area contributed by atoms with Crippen LogP contribution in [0, 0.1) is 0 Å². The number of amides is 2. The number of carbonyl (C=O) groups is 2. The minimum atomic E-state index is -0.564. The van der Waals surface area contributed by atoms with Crippen molar-refractivity contribution in [1.82, 2.24) is 15.5 Å². The molecule has 0 spiro atoms. The second-order valence-corrected chi connectivity index (χ2v) is 10.4. The van der Waals surface area contributed by atoms with Gasteiger partial charge in [0.25, 0.3) is 0 Å². The van der Waals surface area contributed by atoms with Crippen molar-refractivity contribution in [2.75, 3.05) is 11.4 Å². The smallest absolute Gasteiger partial charge is 0.227 e. The first-order valence-electron chi connectivity index (χ1n) is 11.6. The van der Waals surface area contributed by atoms with Gasteiger partial charge in [0.15, 0.2) is 5.82 Å². The largest absolute Gasteiger partial charge is 0.343 e. The zero-order valence-electron chi connectivity index (χ0n) is 18.9. The number of nitrogens with zero attached hydrogens (tertiary/aromatic N) is 3. The van der Waals surface area contributed by atoms with E-state index in [1.807, 2.05) is 34.9 Å². The number of aromatic nitrogens is 2. The van der Waals surface area contributed by atoms with E-state index < -0.39 is 5.54 Å². The molecule has 1 atom stereocenters. The number of para-hydroxylation sites is 1. The van der Waals surface area contributed by atoms with Gasteiger partial charge in [-0.15, -0.1) is 11.8 Å². The van der Waals surface area contributed by atoms with Crippen molar-refractivity contribution < 1.29 is 14.1 Å². The van der Waals surface area contributed by atoms with Gasteiger partial charge >= 0.3 is 0 Å². The van der Waals surface area contributed by atoms with E-state index in [1.54, 1.807) is 0 Å². The number of rotatable bonds is 5. The van der Waals surface area contributed by atoms with E-state index >= 15 is 0 Å². The van der Waals surface area contributed by atoms with Gasteiger partial charge in [-0.1, -0.05) is 49.9 Å². The van der Waals surface area contributed by atoms with Gasteiger partial charge in [0.1, 0.15) is 5.54 Å². The number of carbonyl (C=O) groups excluding carboxylic acids is 2. The summed E-state index contributed by atoms with van der Waals surface area (Å²) < 4.78 is 5.53. The van der Waals surface area contributed by atoms with Gasteiger partial charge in [0.2, 0.25) is 17.7 Å². The Hall–Kier alpha value is -2.35. The number of aryl methyl sites for hydroxylation is 1. The average molecular weight is 457 g/mol. The molecule has 7 nitrogen and oxygen atoms in total. The fraction of sp³-hybridized carbons (Fsp3) is 0.583. The van der Waals surface area contributed by atoms with Crippen LogP contribution in [0.25, 0.3) is 0 Å². The predicted octanol–water partition coefficient (Wildman–Crippen LogP) is 4.61. The third kappa shape index (κ3) is 5.17. The summed E-state index contributed by atoms with van der Waals surface area (Å²) in [7, 11) is 0. The minimum Gasteiger partial charge on any atom is -0.343 e. The second kappa shape index (κ2) is 10.1. The Morgan fingerprint density at radius 2 is 1.97 bits per heavy atom. The summed E-state index contributed by atoms with van der Waals surface area (Å²) in [6.45, 7) is 4.45. The van der Waals surface area contributed by atoms with Crippen molar-refractivity contribution in [2.24, 2.45) is 0 Å². The molecule has 1 unspecified atom stereocenters. The molecule has 172 valence electrons. The Morgan fingerprint density at radius 1 is 1.22 bits per heavy atom. The van der Waals surface area contributed by atoms with E-state index in [9.17, 15) is 9.59 Å². The van der Waals surface area contributed by atoms with Gasteiger partial charge in [-0.05, 0) is 31.4 Å². The van der Waals surface area contributed by atoms with Gasteiger partial charge in [0.05, 0.1) is 5.69 Å². The van der Waals surface area contributed by atoms with E-state index in [4.69, 9.17) is 4.52 Å². The van der Waals surface area contributed by atoms with Crippen molar-refractivity contribution in [3.05, 3.63) is 36.0 Å². The summed E-state index contributed by atoms with van der Waals surface area (Å²) in [5, 5.41) is 7.80. The van der Waals surface area contributed by atoms with Crippen LogP contribution in [0.5, 0.6) is 0 Å². The van der Waals surface area contributed by atoms with Crippen LogP contribution in [-0.2, 0) is 21.5 Å². The summed E-state index contributed by atoms with van der Waals surface area (Å²) in [6.07, 6.45) is 7.61. The van der Waals surface area contributed by atoms with E-state index in [1.165, 1.54) is 6.92 Å². The Balaban J connectivity index is 1.46. The molecule has 2 amide bonds. The van der Waals surface area contributed by atoms with Gasteiger partial charge in [-0.25, -0.2) is 0 Å². The number of nitrogens with one attached hydrogen (secondary N) is 1. The molecule has 32 heavy (non-hydrogen) atoms. The molecule has 1 N–H and O–H groups in total. The summed E-state index contributed by atoms with van der Waals surface area (Å²) in [5.41, 5.74) is 0.423. The van der Waals surface area contributed by atoms with E-state index in [0.717, 1.165) is 55.5 Å². The Bertz CT molecular complexity index is 952. The molecule has 1 aliphatic heterocycles. The molecular weight excluding hydrogens is 424 g/mol. The highest BCUT2D eigenvalue weighted by molar-refractivity contribution is 8.00. The van der Waals surface area contributed by atoms with Crippen LogP contribution in [0.3, 0.4) is 0 Å². The molecule has 0 radical (unpaired) electrons. The molecule has 2 heterocycles. The normalized spacial score (nSPS) is 20.7. The molecule has 1 aromatic carbocycles.